The number of rotatable bonds is 3. The van der Waals surface area contributed by atoms with Crippen molar-refractivity contribution in [2.75, 3.05) is 12.4 Å². The van der Waals surface area contributed by atoms with Crippen molar-refractivity contribution >= 4 is 28.5 Å². The third-order valence-electron chi connectivity index (χ3n) is 3.59. The van der Waals surface area contributed by atoms with Gasteiger partial charge in [-0.05, 0) is 36.8 Å². The molecule has 116 valence electrons. The molecule has 0 saturated carbocycles. The first-order valence-corrected chi connectivity index (χ1v) is 7.03. The summed E-state index contributed by atoms with van der Waals surface area (Å²) in [6, 6.07) is 12.5. The van der Waals surface area contributed by atoms with Gasteiger partial charge in [0.2, 0.25) is 0 Å². The van der Waals surface area contributed by atoms with Crippen LogP contribution in [0.15, 0.2) is 42.5 Å². The molecule has 23 heavy (non-hydrogen) atoms. The van der Waals surface area contributed by atoms with E-state index >= 15 is 0 Å². The van der Waals surface area contributed by atoms with Crippen molar-refractivity contribution in [2.45, 2.75) is 6.92 Å². The molecule has 2 N–H and O–H groups in total. The molecule has 0 spiro atoms. The van der Waals surface area contributed by atoms with Gasteiger partial charge in [-0.3, -0.25) is 9.89 Å². The lowest BCUT2D eigenvalue weighted by Crippen LogP contribution is -2.13. The van der Waals surface area contributed by atoms with E-state index in [4.69, 9.17) is 4.74 Å². The first kappa shape index (κ1) is 14.8. The fourth-order valence-corrected chi connectivity index (χ4v) is 2.37. The smallest absolute Gasteiger partial charge is 0.359 e. The van der Waals surface area contributed by atoms with Crippen LogP contribution in [-0.4, -0.2) is 29.2 Å². The summed E-state index contributed by atoms with van der Waals surface area (Å²) < 4.78 is 4.70. The molecule has 3 aromatic rings. The van der Waals surface area contributed by atoms with E-state index < -0.39 is 5.97 Å². The number of ether oxygens (including phenoxy) is 1. The first-order chi connectivity index (χ1) is 11.1. The van der Waals surface area contributed by atoms with E-state index in [0.717, 1.165) is 5.56 Å². The summed E-state index contributed by atoms with van der Waals surface area (Å²) >= 11 is 0. The van der Waals surface area contributed by atoms with Gasteiger partial charge in [-0.2, -0.15) is 5.10 Å². The lowest BCUT2D eigenvalue weighted by Gasteiger charge is -2.07. The Morgan fingerprint density at radius 2 is 1.96 bits per heavy atom. The number of anilines is 1. The summed E-state index contributed by atoms with van der Waals surface area (Å²) in [4.78, 5) is 24.1. The second kappa shape index (κ2) is 5.92. The molecule has 1 aromatic heterocycles. The van der Waals surface area contributed by atoms with Crippen LogP contribution in [0.3, 0.4) is 0 Å². The zero-order valence-corrected chi connectivity index (χ0v) is 12.7. The molecule has 6 nitrogen and oxygen atoms in total. The van der Waals surface area contributed by atoms with Crippen LogP contribution >= 0.6 is 0 Å². The average molecular weight is 309 g/mol. The summed E-state index contributed by atoms with van der Waals surface area (Å²) in [5, 5.41) is 10.1. The molecule has 1 heterocycles. The Kier molecular flexibility index (Phi) is 3.80. The minimum Gasteiger partial charge on any atom is -0.464 e. The van der Waals surface area contributed by atoms with Gasteiger partial charge in [0.15, 0.2) is 5.69 Å². The maximum atomic E-state index is 12.4. The standard InChI is InChI=1S/C17H15N3O3/c1-10-5-3-4-6-12(10)16(21)18-11-7-8-14-13(9-11)15(20-19-14)17(22)23-2/h3-9H,1-2H3,(H,18,21)(H,19,20). The van der Waals surface area contributed by atoms with E-state index in [1.54, 1.807) is 24.3 Å². The third kappa shape index (κ3) is 2.78. The fourth-order valence-electron chi connectivity index (χ4n) is 2.37. The van der Waals surface area contributed by atoms with Gasteiger partial charge in [0.05, 0.1) is 12.6 Å². The average Bonchev–Trinajstić information content (AvgIpc) is 2.97. The summed E-state index contributed by atoms with van der Waals surface area (Å²) in [5.41, 5.74) is 2.96. The molecule has 2 aromatic carbocycles. The summed E-state index contributed by atoms with van der Waals surface area (Å²) in [5.74, 6) is -0.732. The van der Waals surface area contributed by atoms with Crippen LogP contribution in [0.25, 0.3) is 10.9 Å². The van der Waals surface area contributed by atoms with Gasteiger partial charge in [-0.15, -0.1) is 0 Å². The monoisotopic (exact) mass is 309 g/mol. The van der Waals surface area contributed by atoms with E-state index in [0.29, 0.717) is 22.2 Å². The number of carbonyl (C=O) groups excluding carboxylic acids is 2. The Labute approximate surface area is 132 Å². The SMILES string of the molecule is COC(=O)c1n[nH]c2ccc(NC(=O)c3ccccc3C)cc12. The summed E-state index contributed by atoms with van der Waals surface area (Å²) in [6.45, 7) is 1.88. The van der Waals surface area contributed by atoms with Crippen LogP contribution in [0, 0.1) is 6.92 Å². The predicted octanol–water partition coefficient (Wildman–Crippen LogP) is 2.91. The molecule has 0 saturated heterocycles. The zero-order valence-electron chi connectivity index (χ0n) is 12.7. The number of fused-ring (bicyclic) bond motifs is 1. The Morgan fingerprint density at radius 3 is 2.70 bits per heavy atom. The number of nitrogens with one attached hydrogen (secondary N) is 2. The molecule has 0 aliphatic carbocycles. The number of hydrogen-bond donors (Lipinski definition) is 2. The molecular formula is C17H15N3O3. The van der Waals surface area contributed by atoms with Crippen LogP contribution in [0.1, 0.15) is 26.4 Å². The van der Waals surface area contributed by atoms with E-state index in [1.165, 1.54) is 7.11 Å². The molecular weight excluding hydrogens is 294 g/mol. The second-order valence-electron chi connectivity index (χ2n) is 5.09. The molecule has 0 bridgehead atoms. The van der Waals surface area contributed by atoms with Crippen LogP contribution in [0.4, 0.5) is 5.69 Å². The third-order valence-corrected chi connectivity index (χ3v) is 3.59. The van der Waals surface area contributed by atoms with Gasteiger partial charge in [0, 0.05) is 16.6 Å². The topological polar surface area (TPSA) is 84.1 Å². The maximum Gasteiger partial charge on any atom is 0.359 e. The molecule has 0 radical (unpaired) electrons. The number of nitrogens with zero attached hydrogens (tertiary/aromatic N) is 1. The Balaban J connectivity index is 1.93. The van der Waals surface area contributed by atoms with E-state index in [1.807, 2.05) is 25.1 Å². The fraction of sp³-hybridized carbons (Fsp3) is 0.118. The zero-order chi connectivity index (χ0) is 16.4. The highest BCUT2D eigenvalue weighted by Gasteiger charge is 2.15. The van der Waals surface area contributed by atoms with Crippen LogP contribution in [0.5, 0.6) is 0 Å². The van der Waals surface area contributed by atoms with Gasteiger partial charge in [-0.1, -0.05) is 18.2 Å². The normalized spacial score (nSPS) is 10.5. The largest absolute Gasteiger partial charge is 0.464 e. The van der Waals surface area contributed by atoms with Crippen LogP contribution in [0.2, 0.25) is 0 Å². The van der Waals surface area contributed by atoms with Gasteiger partial charge in [-0.25, -0.2) is 4.79 Å². The summed E-state index contributed by atoms with van der Waals surface area (Å²) in [7, 11) is 1.30. The number of amides is 1. The highest BCUT2D eigenvalue weighted by atomic mass is 16.5. The lowest BCUT2D eigenvalue weighted by molar-refractivity contribution is 0.0596. The second-order valence-corrected chi connectivity index (χ2v) is 5.09. The quantitative estimate of drug-likeness (QED) is 0.729. The minimum absolute atomic E-state index is 0.189. The number of carbonyl (C=O) groups is 2. The highest BCUT2D eigenvalue weighted by Crippen LogP contribution is 2.22. The Hall–Kier alpha value is -3.15. The first-order valence-electron chi connectivity index (χ1n) is 7.03. The van der Waals surface area contributed by atoms with Crippen molar-refractivity contribution in [2.24, 2.45) is 0 Å². The summed E-state index contributed by atoms with van der Waals surface area (Å²) in [6.07, 6.45) is 0. The van der Waals surface area contributed by atoms with Gasteiger partial charge in [0.1, 0.15) is 0 Å². The molecule has 0 unspecified atom stereocenters. The van der Waals surface area contributed by atoms with Crippen molar-refractivity contribution in [1.29, 1.82) is 0 Å². The van der Waals surface area contributed by atoms with Crippen molar-refractivity contribution in [1.82, 2.24) is 10.2 Å². The van der Waals surface area contributed by atoms with Crippen molar-refractivity contribution in [3.05, 3.63) is 59.3 Å². The number of benzene rings is 2. The van der Waals surface area contributed by atoms with Crippen LogP contribution in [-0.2, 0) is 4.74 Å². The number of methoxy groups -OCH3 is 1. The van der Waals surface area contributed by atoms with Gasteiger partial charge in [0.25, 0.3) is 5.91 Å². The number of H-pyrrole nitrogens is 1. The molecule has 3 rings (SSSR count). The van der Waals surface area contributed by atoms with Crippen molar-refractivity contribution in [3.63, 3.8) is 0 Å². The van der Waals surface area contributed by atoms with Crippen LogP contribution < -0.4 is 5.32 Å². The molecule has 0 atom stereocenters. The maximum absolute atomic E-state index is 12.4. The number of aryl methyl sites for hydroxylation is 1. The Bertz CT molecular complexity index is 899. The number of aromatic nitrogens is 2. The molecule has 1 amide bonds. The van der Waals surface area contributed by atoms with Gasteiger partial charge < -0.3 is 10.1 Å². The number of esters is 1. The number of hydrogen-bond acceptors (Lipinski definition) is 4. The van der Waals surface area contributed by atoms with E-state index in [2.05, 4.69) is 15.5 Å². The van der Waals surface area contributed by atoms with Crippen molar-refractivity contribution in [3.8, 4) is 0 Å². The molecule has 6 heteroatoms. The van der Waals surface area contributed by atoms with E-state index in [-0.39, 0.29) is 11.6 Å². The van der Waals surface area contributed by atoms with Gasteiger partial charge >= 0.3 is 5.97 Å². The number of aromatic amines is 1. The minimum atomic E-state index is -0.529. The molecule has 0 aliphatic heterocycles. The molecule has 0 aliphatic rings. The molecule has 0 fully saturated rings. The lowest BCUT2D eigenvalue weighted by atomic mass is 10.1. The Morgan fingerprint density at radius 1 is 1.17 bits per heavy atom. The van der Waals surface area contributed by atoms with Crippen molar-refractivity contribution < 1.29 is 14.3 Å². The highest BCUT2D eigenvalue weighted by molar-refractivity contribution is 6.07. The predicted molar refractivity (Wildman–Crippen MR) is 86.6 cm³/mol. The van der Waals surface area contributed by atoms with E-state index in [9.17, 15) is 9.59 Å².